The molecule has 2 aliphatic heterocycles. The fourth-order valence-electron chi connectivity index (χ4n) is 3.80. The van der Waals surface area contributed by atoms with Crippen molar-refractivity contribution in [3.05, 3.63) is 65.7 Å². The van der Waals surface area contributed by atoms with Gasteiger partial charge in [-0.15, -0.1) is 0 Å². The molecule has 27 heavy (non-hydrogen) atoms. The summed E-state index contributed by atoms with van der Waals surface area (Å²) in [5.41, 5.74) is 2.03. The first-order chi connectivity index (χ1) is 13.2. The Bertz CT molecular complexity index is 822. The van der Waals surface area contributed by atoms with E-state index in [0.29, 0.717) is 19.5 Å². The van der Waals surface area contributed by atoms with Gasteiger partial charge in [0.25, 0.3) is 0 Å². The number of likely N-dealkylation sites (tertiary alicyclic amines) is 1. The minimum absolute atomic E-state index is 0.0226. The van der Waals surface area contributed by atoms with Crippen molar-refractivity contribution in [1.29, 1.82) is 0 Å². The van der Waals surface area contributed by atoms with E-state index in [4.69, 9.17) is 9.47 Å². The van der Waals surface area contributed by atoms with Crippen LogP contribution >= 0.6 is 0 Å². The highest BCUT2D eigenvalue weighted by Crippen LogP contribution is 2.33. The molecule has 0 aromatic heterocycles. The normalized spacial score (nSPS) is 22.3. The maximum Gasteiger partial charge on any atom is 0.411 e. The molecule has 2 aromatic carbocycles. The van der Waals surface area contributed by atoms with Crippen LogP contribution < -0.4 is 4.74 Å². The van der Waals surface area contributed by atoms with Crippen LogP contribution in [0.15, 0.2) is 54.6 Å². The number of carbonyl (C=O) groups is 2. The van der Waals surface area contributed by atoms with E-state index in [1.807, 2.05) is 54.6 Å². The number of methoxy groups -OCH3 is 1. The minimum atomic E-state index is -0.469. The average molecular weight is 366 g/mol. The lowest BCUT2D eigenvalue weighted by atomic mass is 10.0. The third-order valence-electron chi connectivity index (χ3n) is 5.23. The van der Waals surface area contributed by atoms with E-state index in [2.05, 4.69) is 0 Å². The van der Waals surface area contributed by atoms with Crippen molar-refractivity contribution in [2.45, 2.75) is 25.0 Å². The molecular weight excluding hydrogens is 344 g/mol. The number of hydrogen-bond acceptors (Lipinski definition) is 4. The minimum Gasteiger partial charge on any atom is -0.497 e. The molecule has 0 aliphatic carbocycles. The SMILES string of the molecule is COc1ccc(CN2CCC(N3C(=O)OC[C@@H]3c3ccccc3)C2=O)cc1. The fraction of sp³-hybridized carbons (Fsp3) is 0.333. The number of ether oxygens (including phenoxy) is 2. The van der Waals surface area contributed by atoms with Crippen molar-refractivity contribution in [2.75, 3.05) is 20.3 Å². The van der Waals surface area contributed by atoms with Crippen molar-refractivity contribution in [3.63, 3.8) is 0 Å². The Morgan fingerprint density at radius 1 is 1.04 bits per heavy atom. The van der Waals surface area contributed by atoms with E-state index in [1.165, 1.54) is 0 Å². The van der Waals surface area contributed by atoms with Crippen LogP contribution in [0.3, 0.4) is 0 Å². The van der Waals surface area contributed by atoms with Crippen LogP contribution in [0.1, 0.15) is 23.6 Å². The van der Waals surface area contributed by atoms with Gasteiger partial charge in [0.15, 0.2) is 0 Å². The third kappa shape index (κ3) is 3.35. The van der Waals surface area contributed by atoms with Gasteiger partial charge in [-0.05, 0) is 29.7 Å². The Kier molecular flexibility index (Phi) is 4.71. The summed E-state index contributed by atoms with van der Waals surface area (Å²) in [5, 5.41) is 0. The summed E-state index contributed by atoms with van der Waals surface area (Å²) >= 11 is 0. The van der Waals surface area contributed by atoms with E-state index in [9.17, 15) is 9.59 Å². The van der Waals surface area contributed by atoms with Crippen molar-refractivity contribution < 1.29 is 19.1 Å². The topological polar surface area (TPSA) is 59.1 Å². The van der Waals surface area contributed by atoms with E-state index in [-0.39, 0.29) is 18.6 Å². The number of cyclic esters (lactones) is 1. The molecule has 0 N–H and O–H groups in total. The molecule has 0 spiro atoms. The molecule has 2 atom stereocenters. The van der Waals surface area contributed by atoms with E-state index in [1.54, 1.807) is 16.9 Å². The third-order valence-corrected chi connectivity index (χ3v) is 5.23. The first-order valence-corrected chi connectivity index (χ1v) is 9.09. The lowest BCUT2D eigenvalue weighted by molar-refractivity contribution is -0.132. The van der Waals surface area contributed by atoms with Crippen LogP contribution in [0.5, 0.6) is 5.75 Å². The molecular formula is C21H22N2O4. The molecule has 0 radical (unpaired) electrons. The summed E-state index contributed by atoms with van der Waals surface area (Å²) in [4.78, 5) is 28.8. The zero-order valence-corrected chi connectivity index (χ0v) is 15.2. The molecule has 2 heterocycles. The van der Waals surface area contributed by atoms with Gasteiger partial charge in [0.2, 0.25) is 5.91 Å². The second-order valence-corrected chi connectivity index (χ2v) is 6.82. The number of benzene rings is 2. The molecule has 0 bridgehead atoms. The number of rotatable bonds is 5. The van der Waals surface area contributed by atoms with Gasteiger partial charge < -0.3 is 14.4 Å². The highest BCUT2D eigenvalue weighted by Gasteiger charge is 2.46. The van der Waals surface area contributed by atoms with Crippen LogP contribution in [0.2, 0.25) is 0 Å². The average Bonchev–Trinajstić information content (AvgIpc) is 3.26. The predicted octanol–water partition coefficient (Wildman–Crippen LogP) is 2.99. The van der Waals surface area contributed by atoms with Gasteiger partial charge in [0, 0.05) is 13.1 Å². The van der Waals surface area contributed by atoms with E-state index in [0.717, 1.165) is 16.9 Å². The molecule has 2 saturated heterocycles. The molecule has 2 aromatic rings. The Labute approximate surface area is 158 Å². The Morgan fingerprint density at radius 2 is 1.78 bits per heavy atom. The maximum absolute atomic E-state index is 13.0. The largest absolute Gasteiger partial charge is 0.497 e. The monoisotopic (exact) mass is 366 g/mol. The van der Waals surface area contributed by atoms with Crippen LogP contribution in [0.4, 0.5) is 4.79 Å². The maximum atomic E-state index is 13.0. The van der Waals surface area contributed by atoms with E-state index >= 15 is 0 Å². The zero-order valence-electron chi connectivity index (χ0n) is 15.2. The summed E-state index contributed by atoms with van der Waals surface area (Å²) < 4.78 is 10.4. The van der Waals surface area contributed by atoms with Gasteiger partial charge in [-0.1, -0.05) is 42.5 Å². The van der Waals surface area contributed by atoms with Crippen LogP contribution in [-0.4, -0.2) is 48.1 Å². The van der Waals surface area contributed by atoms with Gasteiger partial charge in [-0.2, -0.15) is 0 Å². The van der Waals surface area contributed by atoms with Gasteiger partial charge in [-0.25, -0.2) is 4.79 Å². The second-order valence-electron chi connectivity index (χ2n) is 6.82. The van der Waals surface area contributed by atoms with Gasteiger partial charge in [-0.3, -0.25) is 9.69 Å². The first kappa shape index (κ1) is 17.4. The molecule has 4 rings (SSSR count). The number of hydrogen-bond donors (Lipinski definition) is 0. The summed E-state index contributed by atoms with van der Waals surface area (Å²) in [7, 11) is 1.63. The molecule has 6 heteroatoms. The second kappa shape index (κ2) is 7.31. The lowest BCUT2D eigenvalue weighted by Gasteiger charge is -2.27. The number of carbonyl (C=O) groups excluding carboxylic acids is 2. The summed E-state index contributed by atoms with van der Waals surface area (Å²) in [6.07, 6.45) is 0.210. The summed E-state index contributed by atoms with van der Waals surface area (Å²) in [6.45, 7) is 1.43. The fourth-order valence-corrected chi connectivity index (χ4v) is 3.80. The Hall–Kier alpha value is -3.02. The molecule has 6 nitrogen and oxygen atoms in total. The van der Waals surface area contributed by atoms with Gasteiger partial charge in [0.1, 0.15) is 18.4 Å². The zero-order chi connectivity index (χ0) is 18.8. The first-order valence-electron chi connectivity index (χ1n) is 9.09. The lowest BCUT2D eigenvalue weighted by Crippen LogP contribution is -2.43. The molecule has 2 fully saturated rings. The van der Waals surface area contributed by atoms with Crippen LogP contribution in [0.25, 0.3) is 0 Å². The standard InChI is InChI=1S/C21H22N2O4/c1-26-17-9-7-15(8-10-17)13-22-12-11-18(20(22)24)23-19(14-27-21(23)25)16-5-3-2-4-6-16/h2-10,18-19H,11-14H2,1H3/t18?,19-/m1/s1. The van der Waals surface area contributed by atoms with Crippen molar-refractivity contribution in [3.8, 4) is 5.75 Å². The number of nitrogens with zero attached hydrogens (tertiary/aromatic N) is 2. The smallest absolute Gasteiger partial charge is 0.411 e. The Morgan fingerprint density at radius 3 is 2.48 bits per heavy atom. The van der Waals surface area contributed by atoms with Crippen molar-refractivity contribution >= 4 is 12.0 Å². The van der Waals surface area contributed by atoms with Crippen molar-refractivity contribution in [1.82, 2.24) is 9.80 Å². The number of amides is 2. The van der Waals surface area contributed by atoms with Gasteiger partial charge in [0.05, 0.1) is 13.2 Å². The summed E-state index contributed by atoms with van der Waals surface area (Å²) in [5.74, 6) is 0.764. The summed E-state index contributed by atoms with van der Waals surface area (Å²) in [6, 6.07) is 16.7. The molecule has 140 valence electrons. The van der Waals surface area contributed by atoms with Crippen LogP contribution in [-0.2, 0) is 16.1 Å². The highest BCUT2D eigenvalue weighted by molar-refractivity contribution is 5.88. The highest BCUT2D eigenvalue weighted by atomic mass is 16.6. The molecule has 1 unspecified atom stereocenters. The Balaban J connectivity index is 1.49. The van der Waals surface area contributed by atoms with Gasteiger partial charge >= 0.3 is 6.09 Å². The molecule has 2 amide bonds. The predicted molar refractivity (Wildman–Crippen MR) is 99.2 cm³/mol. The van der Waals surface area contributed by atoms with Crippen molar-refractivity contribution in [2.24, 2.45) is 0 Å². The quantitative estimate of drug-likeness (QED) is 0.816. The van der Waals surface area contributed by atoms with Crippen LogP contribution in [0, 0.1) is 0 Å². The van der Waals surface area contributed by atoms with E-state index < -0.39 is 12.1 Å². The molecule has 2 aliphatic rings. The molecule has 0 saturated carbocycles.